The van der Waals surface area contributed by atoms with Crippen LogP contribution in [0.25, 0.3) is 0 Å². The maximum absolute atomic E-state index is 12.1. The van der Waals surface area contributed by atoms with E-state index in [0.717, 1.165) is 0 Å². The summed E-state index contributed by atoms with van der Waals surface area (Å²) >= 11 is 5.94. The van der Waals surface area contributed by atoms with Gasteiger partial charge in [-0.1, -0.05) is 23.7 Å². The van der Waals surface area contributed by atoms with Crippen LogP contribution in [-0.4, -0.2) is 24.6 Å². The predicted molar refractivity (Wildman–Crippen MR) is 92.6 cm³/mol. The van der Waals surface area contributed by atoms with Crippen LogP contribution in [0.2, 0.25) is 5.02 Å². The number of ether oxygens (including phenoxy) is 2. The Hall–Kier alpha value is -2.53. The van der Waals surface area contributed by atoms with Gasteiger partial charge < -0.3 is 14.8 Å². The summed E-state index contributed by atoms with van der Waals surface area (Å²) in [5, 5.41) is 2.96. The molecule has 2 aromatic carbocycles. The minimum Gasteiger partial charge on any atom is -0.494 e. The van der Waals surface area contributed by atoms with Crippen molar-refractivity contribution < 1.29 is 19.1 Å². The maximum atomic E-state index is 12.1. The topological polar surface area (TPSA) is 64.6 Å². The third-order valence-electron chi connectivity index (χ3n) is 3.18. The number of carbonyl (C=O) groups excluding carboxylic acids is 2. The smallest absolute Gasteiger partial charge is 0.340 e. The van der Waals surface area contributed by atoms with Crippen molar-refractivity contribution in [2.24, 2.45) is 0 Å². The first-order chi connectivity index (χ1) is 11.5. The largest absolute Gasteiger partial charge is 0.494 e. The monoisotopic (exact) mass is 347 g/mol. The molecule has 0 radical (unpaired) electrons. The number of rotatable bonds is 6. The van der Waals surface area contributed by atoms with Gasteiger partial charge in [-0.3, -0.25) is 4.79 Å². The molecule has 1 amide bonds. The molecule has 0 saturated carbocycles. The third kappa shape index (κ3) is 4.73. The summed E-state index contributed by atoms with van der Waals surface area (Å²) in [4.78, 5) is 24.2. The minimum absolute atomic E-state index is 0.222. The highest BCUT2D eigenvalue weighted by Crippen LogP contribution is 2.18. The Morgan fingerprint density at radius 3 is 2.42 bits per heavy atom. The van der Waals surface area contributed by atoms with Gasteiger partial charge >= 0.3 is 5.97 Å². The number of anilines is 1. The Kier molecular flexibility index (Phi) is 6.21. The second-order valence-corrected chi connectivity index (χ2v) is 5.38. The van der Waals surface area contributed by atoms with Crippen molar-refractivity contribution in [1.82, 2.24) is 0 Å². The fourth-order valence-electron chi connectivity index (χ4n) is 1.95. The van der Waals surface area contributed by atoms with Crippen LogP contribution in [0.15, 0.2) is 48.5 Å². The molecule has 0 bridgehead atoms. The van der Waals surface area contributed by atoms with E-state index in [4.69, 9.17) is 21.1 Å². The van der Waals surface area contributed by atoms with E-state index >= 15 is 0 Å². The van der Waals surface area contributed by atoms with Crippen molar-refractivity contribution in [2.75, 3.05) is 11.9 Å². The van der Waals surface area contributed by atoms with Crippen LogP contribution in [0.5, 0.6) is 5.75 Å². The second kappa shape index (κ2) is 8.36. The Morgan fingerprint density at radius 2 is 1.79 bits per heavy atom. The quantitative estimate of drug-likeness (QED) is 0.804. The van der Waals surface area contributed by atoms with Crippen LogP contribution < -0.4 is 10.1 Å². The van der Waals surface area contributed by atoms with Crippen molar-refractivity contribution in [3.8, 4) is 5.75 Å². The zero-order valence-corrected chi connectivity index (χ0v) is 14.2. The zero-order chi connectivity index (χ0) is 17.5. The molecule has 0 saturated heterocycles. The van der Waals surface area contributed by atoms with Crippen LogP contribution in [0, 0.1) is 0 Å². The first-order valence-corrected chi connectivity index (χ1v) is 7.88. The molecule has 1 atom stereocenters. The molecule has 5 nitrogen and oxygen atoms in total. The molecule has 0 aliphatic rings. The van der Waals surface area contributed by atoms with Crippen LogP contribution >= 0.6 is 11.6 Å². The number of esters is 1. The van der Waals surface area contributed by atoms with Crippen LogP contribution in [0.3, 0.4) is 0 Å². The molecule has 1 N–H and O–H groups in total. The first-order valence-electron chi connectivity index (χ1n) is 7.50. The van der Waals surface area contributed by atoms with Gasteiger partial charge in [-0.05, 0) is 50.2 Å². The molecule has 0 heterocycles. The molecule has 0 aliphatic carbocycles. The zero-order valence-electron chi connectivity index (χ0n) is 13.4. The normalized spacial score (nSPS) is 11.5. The molecule has 0 spiro atoms. The summed E-state index contributed by atoms with van der Waals surface area (Å²) in [6, 6.07) is 13.4. The van der Waals surface area contributed by atoms with Crippen molar-refractivity contribution in [3.05, 3.63) is 59.1 Å². The van der Waals surface area contributed by atoms with Gasteiger partial charge in [0.1, 0.15) is 5.75 Å². The van der Waals surface area contributed by atoms with E-state index in [1.165, 1.54) is 6.92 Å². The van der Waals surface area contributed by atoms with Crippen LogP contribution in [0.1, 0.15) is 24.2 Å². The Balaban J connectivity index is 1.94. The number of benzene rings is 2. The van der Waals surface area contributed by atoms with E-state index < -0.39 is 18.0 Å². The predicted octanol–water partition coefficient (Wildman–Crippen LogP) is 3.92. The molecule has 0 fully saturated rings. The second-order valence-electron chi connectivity index (χ2n) is 4.97. The van der Waals surface area contributed by atoms with Crippen LogP contribution in [0.4, 0.5) is 5.69 Å². The number of halogens is 1. The van der Waals surface area contributed by atoms with E-state index in [2.05, 4.69) is 5.32 Å². The molecule has 2 aromatic rings. The number of nitrogens with one attached hydrogen (secondary N) is 1. The van der Waals surface area contributed by atoms with E-state index in [9.17, 15) is 9.59 Å². The molecule has 24 heavy (non-hydrogen) atoms. The maximum Gasteiger partial charge on any atom is 0.340 e. The lowest BCUT2D eigenvalue weighted by Crippen LogP contribution is -2.30. The lowest BCUT2D eigenvalue weighted by atomic mass is 10.2. The Bertz CT molecular complexity index is 715. The lowest BCUT2D eigenvalue weighted by molar-refractivity contribution is -0.123. The average Bonchev–Trinajstić information content (AvgIpc) is 2.57. The van der Waals surface area contributed by atoms with Gasteiger partial charge in [-0.25, -0.2) is 4.79 Å². The first kappa shape index (κ1) is 17.8. The van der Waals surface area contributed by atoms with Gasteiger partial charge in [-0.2, -0.15) is 0 Å². The molecule has 0 aliphatic heterocycles. The number of amides is 1. The summed E-state index contributed by atoms with van der Waals surface area (Å²) in [5.41, 5.74) is 0.809. The van der Waals surface area contributed by atoms with Gasteiger partial charge in [-0.15, -0.1) is 0 Å². The molecule has 0 aromatic heterocycles. The standard InChI is InChI=1S/C18H18ClNO4/c1-3-23-14-10-8-13(9-11-14)20-17(21)12(2)24-18(22)15-6-4-5-7-16(15)19/h4-12H,3H2,1-2H3,(H,20,21)/t12-/m1/s1. The summed E-state index contributed by atoms with van der Waals surface area (Å²) in [5.74, 6) is -0.358. The van der Waals surface area contributed by atoms with Gasteiger partial charge in [0, 0.05) is 5.69 Å². The highest BCUT2D eigenvalue weighted by Gasteiger charge is 2.20. The van der Waals surface area contributed by atoms with E-state index in [0.29, 0.717) is 18.0 Å². The van der Waals surface area contributed by atoms with Crippen molar-refractivity contribution in [3.63, 3.8) is 0 Å². The molecule has 6 heteroatoms. The Morgan fingerprint density at radius 1 is 1.12 bits per heavy atom. The molecule has 126 valence electrons. The van der Waals surface area contributed by atoms with Crippen molar-refractivity contribution in [1.29, 1.82) is 0 Å². The molecular formula is C18H18ClNO4. The van der Waals surface area contributed by atoms with E-state index in [1.54, 1.807) is 48.5 Å². The van der Waals surface area contributed by atoms with Crippen molar-refractivity contribution >= 4 is 29.2 Å². The molecular weight excluding hydrogens is 330 g/mol. The number of hydrogen-bond acceptors (Lipinski definition) is 4. The summed E-state index contributed by atoms with van der Waals surface area (Å²) in [7, 11) is 0. The third-order valence-corrected chi connectivity index (χ3v) is 3.51. The van der Waals surface area contributed by atoms with Crippen LogP contribution in [-0.2, 0) is 9.53 Å². The fraction of sp³-hybridized carbons (Fsp3) is 0.222. The summed E-state index contributed by atoms with van der Waals surface area (Å²) < 4.78 is 10.5. The van der Waals surface area contributed by atoms with E-state index in [-0.39, 0.29) is 10.6 Å². The Labute approximate surface area is 145 Å². The highest BCUT2D eigenvalue weighted by molar-refractivity contribution is 6.33. The van der Waals surface area contributed by atoms with E-state index in [1.807, 2.05) is 6.92 Å². The van der Waals surface area contributed by atoms with Crippen molar-refractivity contribution in [2.45, 2.75) is 20.0 Å². The fourth-order valence-corrected chi connectivity index (χ4v) is 2.16. The minimum atomic E-state index is -0.958. The summed E-state index contributed by atoms with van der Waals surface area (Å²) in [6.45, 7) is 3.96. The number of hydrogen-bond donors (Lipinski definition) is 1. The molecule has 2 rings (SSSR count). The van der Waals surface area contributed by atoms with Gasteiger partial charge in [0.15, 0.2) is 6.10 Å². The average molecular weight is 348 g/mol. The molecule has 0 unspecified atom stereocenters. The van der Waals surface area contributed by atoms with Gasteiger partial charge in [0.25, 0.3) is 5.91 Å². The SMILES string of the molecule is CCOc1ccc(NC(=O)[C@@H](C)OC(=O)c2ccccc2Cl)cc1. The van der Waals surface area contributed by atoms with Gasteiger partial charge in [0.2, 0.25) is 0 Å². The van der Waals surface area contributed by atoms with Gasteiger partial charge in [0.05, 0.1) is 17.2 Å². The lowest BCUT2D eigenvalue weighted by Gasteiger charge is -2.14. The number of carbonyl (C=O) groups is 2. The summed E-state index contributed by atoms with van der Waals surface area (Å²) in [6.07, 6.45) is -0.958. The highest BCUT2D eigenvalue weighted by atomic mass is 35.5.